The number of carbonyl (C=O) groups is 4. The van der Waals surface area contributed by atoms with Crippen LogP contribution in [0.5, 0.6) is 0 Å². The predicted molar refractivity (Wildman–Crippen MR) is 232 cm³/mol. The zero-order valence-corrected chi connectivity index (χ0v) is 36.5. The number of likely N-dealkylation sites (N-methyl/N-ethyl adjacent to an activating group) is 1. The highest BCUT2D eigenvalue weighted by Gasteiger charge is 2.37. The van der Waals surface area contributed by atoms with E-state index in [0.29, 0.717) is 55.2 Å². The van der Waals surface area contributed by atoms with Crippen molar-refractivity contribution in [2.75, 3.05) is 40.9 Å². The number of benzene rings is 2. The van der Waals surface area contributed by atoms with Crippen LogP contribution in [-0.2, 0) is 30.3 Å². The number of methoxy groups -OCH3 is 2. The third-order valence-electron chi connectivity index (χ3n) is 8.87. The van der Waals surface area contributed by atoms with E-state index in [1.165, 1.54) is 26.7 Å². The number of aromatic amines is 2. The first-order valence-electron chi connectivity index (χ1n) is 20.5. The van der Waals surface area contributed by atoms with Crippen LogP contribution < -0.4 is 16.0 Å². The molecule has 3 heterocycles. The number of hydrogen-bond donors (Lipinski definition) is 5. The molecule has 14 nitrogen and oxygen atoms in total. The summed E-state index contributed by atoms with van der Waals surface area (Å²) >= 11 is 0. The fraction of sp³-hybridized carbons (Fsp3) is 0.467. The Morgan fingerprint density at radius 2 is 1.63 bits per heavy atom. The van der Waals surface area contributed by atoms with Crippen LogP contribution in [-0.4, -0.2) is 96.2 Å². The van der Waals surface area contributed by atoms with Crippen molar-refractivity contribution in [1.82, 2.24) is 40.8 Å². The molecule has 1 fully saturated rings. The van der Waals surface area contributed by atoms with Crippen LogP contribution >= 0.6 is 0 Å². The number of unbranched alkanes of at least 4 members (excludes halogenated alkanes) is 1. The summed E-state index contributed by atoms with van der Waals surface area (Å²) in [5.41, 5.74) is 4.07. The number of nitrogens with zero attached hydrogens (tertiary/aromatic N) is 3. The third-order valence-corrected chi connectivity index (χ3v) is 8.87. The minimum absolute atomic E-state index is 0.0305. The van der Waals surface area contributed by atoms with Crippen LogP contribution in [0.2, 0.25) is 0 Å². The van der Waals surface area contributed by atoms with E-state index in [2.05, 4.69) is 66.3 Å². The molecule has 3 amide bonds. The Labute approximate surface area is 354 Å². The lowest BCUT2D eigenvalue weighted by molar-refractivity contribution is -0.135. The SMILES string of the molecule is CC.CCC.CNCC(=O)NCCCCc1ncc(-c2ccc(C#Cc3ccc(-c4cnc(C5CCCN5C(=O)C(NC(=O)OC)C(C)C)[nH]4)cc3)cc2F)[nH]1.COC=O. The summed E-state index contributed by atoms with van der Waals surface area (Å²) in [6.45, 7) is 13.9. The van der Waals surface area contributed by atoms with Gasteiger partial charge in [0.2, 0.25) is 11.8 Å². The average Bonchev–Trinajstić information content (AvgIpc) is 4.05. The second kappa shape index (κ2) is 27.6. The number of hydrogen-bond acceptors (Lipinski definition) is 9. The Hall–Kier alpha value is -6.01. The zero-order chi connectivity index (χ0) is 44.5. The number of halogens is 1. The number of amides is 3. The monoisotopic (exact) mass is 830 g/mol. The van der Waals surface area contributed by atoms with Gasteiger partial charge in [-0.2, -0.15) is 0 Å². The highest BCUT2D eigenvalue weighted by Crippen LogP contribution is 2.33. The molecule has 0 radical (unpaired) electrons. The number of nitrogens with one attached hydrogen (secondary N) is 5. The molecular weight excluding hydrogens is 768 g/mol. The van der Waals surface area contributed by atoms with Gasteiger partial charge in [-0.1, -0.05) is 71.9 Å². The largest absolute Gasteiger partial charge is 0.471 e. The third kappa shape index (κ3) is 16.0. The summed E-state index contributed by atoms with van der Waals surface area (Å²) in [6, 6.07) is 11.7. The Kier molecular flexibility index (Phi) is 23.1. The van der Waals surface area contributed by atoms with Gasteiger partial charge in [0.1, 0.15) is 23.5 Å². The van der Waals surface area contributed by atoms with E-state index in [4.69, 9.17) is 9.53 Å². The maximum absolute atomic E-state index is 15.1. The summed E-state index contributed by atoms with van der Waals surface area (Å²) in [6.07, 6.45) is 7.96. The van der Waals surface area contributed by atoms with E-state index in [1.807, 2.05) is 52.0 Å². The van der Waals surface area contributed by atoms with E-state index in [9.17, 15) is 14.4 Å². The Morgan fingerprint density at radius 3 is 2.25 bits per heavy atom. The number of imidazole rings is 2. The lowest BCUT2D eigenvalue weighted by atomic mass is 10.0. The number of alkyl carbamates (subject to hydrolysis) is 1. The van der Waals surface area contributed by atoms with Crippen LogP contribution in [0.1, 0.15) is 102 Å². The molecule has 60 heavy (non-hydrogen) atoms. The fourth-order valence-electron chi connectivity index (χ4n) is 6.03. The van der Waals surface area contributed by atoms with Crippen molar-refractivity contribution in [3.8, 4) is 34.4 Å². The van der Waals surface area contributed by atoms with Gasteiger partial charge in [0.15, 0.2) is 0 Å². The lowest BCUT2D eigenvalue weighted by Crippen LogP contribution is -2.51. The molecule has 2 atom stereocenters. The van der Waals surface area contributed by atoms with Crippen molar-refractivity contribution in [1.29, 1.82) is 0 Å². The van der Waals surface area contributed by atoms with Gasteiger partial charge in [-0.3, -0.25) is 14.4 Å². The van der Waals surface area contributed by atoms with Gasteiger partial charge in [0.25, 0.3) is 6.47 Å². The van der Waals surface area contributed by atoms with E-state index in [-0.39, 0.29) is 23.8 Å². The Bertz CT molecular complexity index is 1970. The molecule has 2 unspecified atom stereocenters. The lowest BCUT2D eigenvalue weighted by Gasteiger charge is -2.30. The molecule has 0 saturated carbocycles. The molecule has 0 bridgehead atoms. The number of rotatable bonds is 14. The van der Waals surface area contributed by atoms with E-state index < -0.39 is 18.0 Å². The molecular formula is C45H63FN8O6. The molecule has 1 saturated heterocycles. The van der Waals surface area contributed by atoms with Gasteiger partial charge in [-0.15, -0.1) is 0 Å². The maximum atomic E-state index is 15.1. The predicted octanol–water partition coefficient (Wildman–Crippen LogP) is 6.94. The molecule has 5 N–H and O–H groups in total. The van der Waals surface area contributed by atoms with Crippen molar-refractivity contribution in [3.05, 3.63) is 83.5 Å². The summed E-state index contributed by atoms with van der Waals surface area (Å²) < 4.78 is 23.7. The molecule has 326 valence electrons. The summed E-state index contributed by atoms with van der Waals surface area (Å²) in [4.78, 5) is 63.2. The van der Waals surface area contributed by atoms with Gasteiger partial charge in [0, 0.05) is 36.2 Å². The van der Waals surface area contributed by atoms with Crippen molar-refractivity contribution >= 4 is 24.4 Å². The second-order valence-electron chi connectivity index (χ2n) is 13.9. The molecule has 0 aliphatic carbocycles. The first kappa shape index (κ1) is 50.1. The van der Waals surface area contributed by atoms with Gasteiger partial charge in [-0.05, 0) is 74.5 Å². The smallest absolute Gasteiger partial charge is 0.407 e. The zero-order valence-electron chi connectivity index (χ0n) is 36.5. The number of ether oxygens (including phenoxy) is 2. The van der Waals surface area contributed by atoms with Crippen molar-refractivity contribution in [3.63, 3.8) is 0 Å². The molecule has 15 heteroatoms. The van der Waals surface area contributed by atoms with Gasteiger partial charge >= 0.3 is 6.09 Å². The molecule has 5 rings (SSSR count). The summed E-state index contributed by atoms with van der Waals surface area (Å²) in [5.74, 6) is 6.93. The van der Waals surface area contributed by atoms with E-state index in [1.54, 1.807) is 36.5 Å². The minimum atomic E-state index is -0.697. The van der Waals surface area contributed by atoms with Crippen LogP contribution in [0.15, 0.2) is 54.9 Å². The first-order valence-corrected chi connectivity index (χ1v) is 20.5. The number of carbonyl (C=O) groups excluding carboxylic acids is 4. The number of aryl methyl sites for hydroxylation is 1. The highest BCUT2D eigenvalue weighted by atomic mass is 19.1. The van der Waals surface area contributed by atoms with Crippen LogP contribution in [0.4, 0.5) is 9.18 Å². The molecule has 2 aromatic carbocycles. The van der Waals surface area contributed by atoms with Gasteiger partial charge < -0.3 is 40.3 Å². The van der Waals surface area contributed by atoms with Crippen molar-refractivity contribution in [2.45, 2.75) is 92.2 Å². The van der Waals surface area contributed by atoms with Crippen LogP contribution in [0.3, 0.4) is 0 Å². The van der Waals surface area contributed by atoms with Crippen molar-refractivity contribution in [2.24, 2.45) is 5.92 Å². The topological polar surface area (TPSA) is 183 Å². The standard InChI is InChI=1S/C38H45FN8O4.C3H8.C2H4O2.C2H6/c1-24(2)35(46-38(50)51-4)37(49)47-19-7-8-32(47)36-43-21-30(45-36)27-15-12-25(13-16-27)10-11-26-14-17-28(29(39)20-26)31-22-42-33(44-31)9-5-6-18-41-34(48)23-40-3;1-3-2;1-4-2-3;1-2/h12-17,20-22,24,32,35,40H,5-9,18-19,23H2,1-4H3,(H,41,48)(H,42,44)(H,43,45)(H,46,50);3H2,1-2H3;2H,1H3;1-2H3. The summed E-state index contributed by atoms with van der Waals surface area (Å²) in [7, 11) is 4.32. The quantitative estimate of drug-likeness (QED) is 0.0511. The molecule has 2 aromatic heterocycles. The molecule has 0 spiro atoms. The normalized spacial score (nSPS) is 13.1. The second-order valence-corrected chi connectivity index (χ2v) is 13.9. The Balaban J connectivity index is 0.00000126. The molecule has 1 aliphatic rings. The average molecular weight is 831 g/mol. The molecule has 4 aromatic rings. The number of likely N-dealkylation sites (tertiary alicyclic amines) is 1. The highest BCUT2D eigenvalue weighted by molar-refractivity contribution is 5.86. The van der Waals surface area contributed by atoms with Gasteiger partial charge in [-0.25, -0.2) is 19.2 Å². The summed E-state index contributed by atoms with van der Waals surface area (Å²) in [5, 5.41) is 8.34. The first-order chi connectivity index (χ1) is 29.0. The van der Waals surface area contributed by atoms with E-state index >= 15 is 4.39 Å². The number of H-pyrrole nitrogens is 2. The minimum Gasteiger partial charge on any atom is -0.471 e. The maximum Gasteiger partial charge on any atom is 0.407 e. The Morgan fingerprint density at radius 1 is 0.983 bits per heavy atom. The van der Waals surface area contributed by atoms with Crippen molar-refractivity contribution < 1.29 is 33.0 Å². The fourth-order valence-corrected chi connectivity index (χ4v) is 6.03. The van der Waals surface area contributed by atoms with E-state index in [0.717, 1.165) is 48.3 Å². The molecule has 1 aliphatic heterocycles. The number of aromatic nitrogens is 4. The van der Waals surface area contributed by atoms with Crippen LogP contribution in [0, 0.1) is 23.6 Å². The van der Waals surface area contributed by atoms with Gasteiger partial charge in [0.05, 0.1) is 50.6 Å². The van der Waals surface area contributed by atoms with Crippen LogP contribution in [0.25, 0.3) is 22.5 Å².